The lowest BCUT2D eigenvalue weighted by atomic mass is 10.3. The summed E-state index contributed by atoms with van der Waals surface area (Å²) in [4.78, 5) is 11.9. The molecule has 1 aromatic carbocycles. The van der Waals surface area contributed by atoms with Gasteiger partial charge in [-0.05, 0) is 31.2 Å². The van der Waals surface area contributed by atoms with Crippen LogP contribution in [0.3, 0.4) is 0 Å². The van der Waals surface area contributed by atoms with Gasteiger partial charge in [-0.3, -0.25) is 4.98 Å². The molecule has 3 aromatic rings. The highest BCUT2D eigenvalue weighted by Crippen LogP contribution is 2.18. The second-order valence-corrected chi connectivity index (χ2v) is 5.96. The number of hydrogen-bond donors (Lipinski definition) is 2. The SMILES string of the molecule is CCNc1cccc(C[S+]([O-])c2nc3ccccc3[nH]2)n1. The molecule has 0 amide bonds. The summed E-state index contributed by atoms with van der Waals surface area (Å²) >= 11 is -1.24. The summed E-state index contributed by atoms with van der Waals surface area (Å²) < 4.78 is 12.4. The number of H-pyrrole nitrogens is 1. The lowest BCUT2D eigenvalue weighted by Gasteiger charge is -2.08. The third-order valence-electron chi connectivity index (χ3n) is 3.03. The number of para-hydroxylation sites is 2. The topological polar surface area (TPSA) is 76.7 Å². The van der Waals surface area contributed by atoms with Gasteiger partial charge in [0.2, 0.25) is 0 Å². The molecule has 21 heavy (non-hydrogen) atoms. The van der Waals surface area contributed by atoms with Gasteiger partial charge in [0.25, 0.3) is 0 Å². The number of aromatic amines is 1. The molecule has 0 aliphatic heterocycles. The molecule has 0 aliphatic carbocycles. The van der Waals surface area contributed by atoms with Gasteiger partial charge in [-0.1, -0.05) is 18.2 Å². The summed E-state index contributed by atoms with van der Waals surface area (Å²) in [5.74, 6) is 1.15. The highest BCUT2D eigenvalue weighted by Gasteiger charge is 2.17. The number of aromatic nitrogens is 3. The minimum atomic E-state index is -1.24. The third-order valence-corrected chi connectivity index (χ3v) is 4.21. The van der Waals surface area contributed by atoms with Gasteiger partial charge in [-0.25, -0.2) is 4.98 Å². The van der Waals surface area contributed by atoms with Gasteiger partial charge in [0, 0.05) is 17.7 Å². The van der Waals surface area contributed by atoms with Crippen molar-refractivity contribution in [2.75, 3.05) is 11.9 Å². The van der Waals surface area contributed by atoms with Crippen LogP contribution >= 0.6 is 0 Å². The van der Waals surface area contributed by atoms with Crippen LogP contribution in [-0.4, -0.2) is 26.0 Å². The zero-order valence-corrected chi connectivity index (χ0v) is 12.5. The quantitative estimate of drug-likeness (QED) is 0.710. The molecule has 0 fully saturated rings. The van der Waals surface area contributed by atoms with Crippen LogP contribution in [-0.2, 0) is 16.9 Å². The molecule has 2 N–H and O–H groups in total. The van der Waals surface area contributed by atoms with Gasteiger partial charge in [0.1, 0.15) is 5.82 Å². The average Bonchev–Trinajstić information content (AvgIpc) is 2.92. The Labute approximate surface area is 126 Å². The highest BCUT2D eigenvalue weighted by molar-refractivity contribution is 7.90. The molecule has 3 rings (SSSR count). The number of nitrogens with one attached hydrogen (secondary N) is 2. The average molecular weight is 300 g/mol. The molecule has 0 radical (unpaired) electrons. The van der Waals surface area contributed by atoms with Crippen molar-refractivity contribution in [3.63, 3.8) is 0 Å². The lowest BCUT2D eigenvalue weighted by Crippen LogP contribution is -2.09. The van der Waals surface area contributed by atoms with Crippen molar-refractivity contribution in [1.82, 2.24) is 15.0 Å². The molecule has 1 atom stereocenters. The van der Waals surface area contributed by atoms with Gasteiger partial charge in [-0.15, -0.1) is 0 Å². The molecule has 5 nitrogen and oxygen atoms in total. The summed E-state index contributed by atoms with van der Waals surface area (Å²) in [6.07, 6.45) is 0. The standard InChI is InChI=1S/C15H16N4OS/c1-2-16-14-9-5-6-11(17-14)10-21(20)15-18-12-7-3-4-8-13(12)19-15/h3-9H,2,10H2,1H3,(H,16,17)(H,18,19). The molecule has 0 spiro atoms. The Hall–Kier alpha value is -2.05. The summed E-state index contributed by atoms with van der Waals surface area (Å²) in [5.41, 5.74) is 2.51. The smallest absolute Gasteiger partial charge is 0.322 e. The van der Waals surface area contributed by atoms with Crippen LogP contribution in [0.5, 0.6) is 0 Å². The number of pyridine rings is 1. The maximum atomic E-state index is 12.4. The Morgan fingerprint density at radius 1 is 1.14 bits per heavy atom. The first-order chi connectivity index (χ1) is 10.3. The summed E-state index contributed by atoms with van der Waals surface area (Å²) in [7, 11) is 0. The van der Waals surface area contributed by atoms with Crippen LogP contribution in [0.25, 0.3) is 11.0 Å². The van der Waals surface area contributed by atoms with E-state index < -0.39 is 11.2 Å². The Morgan fingerprint density at radius 3 is 2.81 bits per heavy atom. The van der Waals surface area contributed by atoms with Gasteiger partial charge >= 0.3 is 5.16 Å². The molecule has 0 saturated carbocycles. The predicted molar refractivity (Wildman–Crippen MR) is 84.6 cm³/mol. The molecule has 2 heterocycles. The maximum Gasteiger partial charge on any atom is 0.322 e. The summed E-state index contributed by atoms with van der Waals surface area (Å²) in [6.45, 7) is 2.82. The van der Waals surface area contributed by atoms with Crippen molar-refractivity contribution in [2.45, 2.75) is 17.8 Å². The van der Waals surface area contributed by atoms with Crippen LogP contribution in [0.1, 0.15) is 12.6 Å². The lowest BCUT2D eigenvalue weighted by molar-refractivity contribution is 0.587. The number of anilines is 1. The van der Waals surface area contributed by atoms with Gasteiger partial charge in [-0.2, -0.15) is 4.98 Å². The van der Waals surface area contributed by atoms with Crippen LogP contribution in [0.15, 0.2) is 47.6 Å². The number of rotatable bonds is 5. The largest absolute Gasteiger partial charge is 0.609 e. The van der Waals surface area contributed by atoms with Crippen molar-refractivity contribution >= 4 is 28.0 Å². The minimum Gasteiger partial charge on any atom is -0.609 e. The first-order valence-electron chi connectivity index (χ1n) is 6.79. The summed E-state index contributed by atoms with van der Waals surface area (Å²) in [6, 6.07) is 13.4. The second kappa shape index (κ2) is 6.15. The van der Waals surface area contributed by atoms with E-state index in [2.05, 4.69) is 20.3 Å². The summed E-state index contributed by atoms with van der Waals surface area (Å²) in [5, 5.41) is 3.64. The first-order valence-corrected chi connectivity index (χ1v) is 8.11. The molecule has 2 aromatic heterocycles. The predicted octanol–water partition coefficient (Wildman–Crippen LogP) is 2.70. The molecular formula is C15H16N4OS. The van der Waals surface area contributed by atoms with E-state index in [1.54, 1.807) is 0 Å². The number of fused-ring (bicyclic) bond motifs is 1. The fourth-order valence-electron chi connectivity index (χ4n) is 2.08. The maximum absolute atomic E-state index is 12.4. The molecule has 6 heteroatoms. The zero-order chi connectivity index (χ0) is 14.7. The van der Waals surface area contributed by atoms with Crippen LogP contribution in [0.4, 0.5) is 5.82 Å². The van der Waals surface area contributed by atoms with E-state index in [0.717, 1.165) is 29.1 Å². The normalized spacial score (nSPS) is 12.5. The molecule has 108 valence electrons. The van der Waals surface area contributed by atoms with Crippen molar-refractivity contribution in [2.24, 2.45) is 0 Å². The van der Waals surface area contributed by atoms with E-state index in [-0.39, 0.29) is 0 Å². The number of benzene rings is 1. The molecule has 0 saturated heterocycles. The zero-order valence-electron chi connectivity index (χ0n) is 11.7. The van der Waals surface area contributed by atoms with E-state index in [0.29, 0.717) is 10.9 Å². The number of nitrogens with zero attached hydrogens (tertiary/aromatic N) is 2. The molecule has 1 unspecified atom stereocenters. The van der Waals surface area contributed by atoms with Gasteiger partial charge in [0.15, 0.2) is 5.75 Å². The van der Waals surface area contributed by atoms with Crippen LogP contribution in [0.2, 0.25) is 0 Å². The number of hydrogen-bond acceptors (Lipinski definition) is 4. The second-order valence-electron chi connectivity index (χ2n) is 4.59. The Kier molecular flexibility index (Phi) is 4.08. The van der Waals surface area contributed by atoms with Crippen molar-refractivity contribution in [3.8, 4) is 0 Å². The Bertz CT molecular complexity index is 710. The highest BCUT2D eigenvalue weighted by atomic mass is 32.2. The van der Waals surface area contributed by atoms with Gasteiger partial charge < -0.3 is 9.87 Å². The van der Waals surface area contributed by atoms with Crippen molar-refractivity contribution < 1.29 is 4.55 Å². The van der Waals surface area contributed by atoms with E-state index in [1.807, 2.05) is 49.4 Å². The Balaban J connectivity index is 1.79. The molecular weight excluding hydrogens is 284 g/mol. The van der Waals surface area contributed by atoms with Crippen LogP contribution < -0.4 is 5.32 Å². The van der Waals surface area contributed by atoms with Crippen molar-refractivity contribution in [3.05, 3.63) is 48.2 Å². The van der Waals surface area contributed by atoms with Gasteiger partial charge in [0.05, 0.1) is 16.7 Å². The Morgan fingerprint density at radius 2 is 2.00 bits per heavy atom. The van der Waals surface area contributed by atoms with Crippen molar-refractivity contribution in [1.29, 1.82) is 0 Å². The number of imidazole rings is 1. The van der Waals surface area contributed by atoms with E-state index >= 15 is 0 Å². The molecule has 0 aliphatic rings. The van der Waals surface area contributed by atoms with E-state index in [4.69, 9.17) is 0 Å². The fraction of sp³-hybridized carbons (Fsp3) is 0.200. The minimum absolute atomic E-state index is 0.346. The monoisotopic (exact) mass is 300 g/mol. The van der Waals surface area contributed by atoms with E-state index in [1.165, 1.54) is 0 Å². The van der Waals surface area contributed by atoms with Crippen LogP contribution in [0, 0.1) is 0 Å². The third kappa shape index (κ3) is 3.17. The first kappa shape index (κ1) is 13.9. The van der Waals surface area contributed by atoms with E-state index in [9.17, 15) is 4.55 Å². The fourth-order valence-corrected chi connectivity index (χ4v) is 3.07. The molecule has 0 bridgehead atoms.